The topological polar surface area (TPSA) is 143 Å². The lowest BCUT2D eigenvalue weighted by Gasteiger charge is -2.44. The van der Waals surface area contributed by atoms with E-state index in [1.165, 1.54) is 78.1 Å². The molecule has 18 aromatic rings. The average Bonchev–Trinajstić information content (AvgIpc) is 1.55. The first-order valence-corrected chi connectivity index (χ1v) is 42.6. The van der Waals surface area contributed by atoms with Gasteiger partial charge in [0.1, 0.15) is 11.5 Å². The van der Waals surface area contributed by atoms with Crippen LogP contribution >= 0.6 is 15.9 Å². The van der Waals surface area contributed by atoms with Gasteiger partial charge in [-0.2, -0.15) is 0 Å². The number of hydrogen-bond acceptors (Lipinski definition) is 12. The maximum absolute atomic E-state index is 9.37. The summed E-state index contributed by atoms with van der Waals surface area (Å²) in [7, 11) is -1.74. The molecular formula is C112H87BBrFN8O4. The number of para-hydroxylation sites is 8. The van der Waals surface area contributed by atoms with Gasteiger partial charge in [-0.1, -0.05) is 382 Å². The third-order valence-electron chi connectivity index (χ3n) is 25.5. The Morgan fingerprint density at radius 2 is 0.480 bits per heavy atom. The highest BCUT2D eigenvalue weighted by Crippen LogP contribution is 2.69. The Labute approximate surface area is 747 Å². The summed E-state index contributed by atoms with van der Waals surface area (Å²) >= 11 is 3.89. The number of aromatic nitrogens is 6. The quantitative estimate of drug-likeness (QED) is 0.140. The predicted octanol–water partition coefficient (Wildman–Crippen LogP) is 26.8. The predicted molar refractivity (Wildman–Crippen MR) is 515 cm³/mol. The molecule has 6 aliphatic rings. The Kier molecular flexibility index (Phi) is 20.8. The SMILES string of the molecule is C.C.CC1(C)c2ccccc2N(c2cccc3c2Oc2c(-c4nc(-c5ccccc5)nc(-c5ccccc5)n4)cccc2C32c3ccccc3-c3ccccc32)c2ccccc21.CC1(C)c2ccccc2N(c2cccc3c2Oc2c(Br)cccc2C32c3ccccc3-c3ccccc32)c2ccccc21.F.OB(O)c1nc(-c2ccccc2)nc(-c2ccccc2)n1. The van der Waals surface area contributed by atoms with Crippen molar-refractivity contribution in [3.63, 3.8) is 0 Å². The Morgan fingerprint density at radius 1 is 0.244 bits per heavy atom. The van der Waals surface area contributed by atoms with Gasteiger partial charge in [-0.15, -0.1) is 0 Å². The Morgan fingerprint density at radius 3 is 0.819 bits per heavy atom. The van der Waals surface area contributed by atoms with Crippen molar-refractivity contribution < 1.29 is 24.2 Å². The minimum atomic E-state index is -1.74. The number of fused-ring (bicyclic) bond motifs is 22. The van der Waals surface area contributed by atoms with Crippen molar-refractivity contribution >= 4 is 62.9 Å². The summed E-state index contributed by atoms with van der Waals surface area (Å²) in [5.41, 5.74) is 28.8. The third kappa shape index (κ3) is 12.8. The van der Waals surface area contributed by atoms with Gasteiger partial charge in [-0.25, -0.2) is 29.9 Å². The number of nitrogens with zero attached hydrogens (tertiary/aromatic N) is 8. The molecule has 4 aliphatic heterocycles. The highest BCUT2D eigenvalue weighted by Gasteiger charge is 2.55. The molecule has 616 valence electrons. The van der Waals surface area contributed by atoms with Gasteiger partial charge >= 0.3 is 7.12 Å². The summed E-state index contributed by atoms with van der Waals surface area (Å²) in [6, 6.07) is 136. The van der Waals surface area contributed by atoms with Crippen LogP contribution < -0.4 is 25.0 Å². The number of ether oxygens (including phenoxy) is 2. The number of rotatable bonds is 8. The third-order valence-corrected chi connectivity index (χ3v) is 26.2. The Hall–Kier alpha value is -14.9. The zero-order valence-electron chi connectivity index (χ0n) is 68.6. The molecule has 15 heteroatoms. The lowest BCUT2D eigenvalue weighted by atomic mass is 9.65. The molecule has 0 bridgehead atoms. The van der Waals surface area contributed by atoms with E-state index >= 15 is 0 Å². The zero-order chi connectivity index (χ0) is 83.6. The van der Waals surface area contributed by atoms with E-state index in [4.69, 9.17) is 24.4 Å². The van der Waals surface area contributed by atoms with Crippen LogP contribution in [0.4, 0.5) is 38.8 Å². The second-order valence-electron chi connectivity index (χ2n) is 33.0. The van der Waals surface area contributed by atoms with Crippen LogP contribution in [0.15, 0.2) is 393 Å². The molecule has 2 aromatic heterocycles. The van der Waals surface area contributed by atoms with E-state index in [0.717, 1.165) is 100 Å². The maximum Gasteiger partial charge on any atom is 0.528 e. The minimum absolute atomic E-state index is 0. The lowest BCUT2D eigenvalue weighted by molar-refractivity contribution is 0.422. The molecule has 12 nitrogen and oxygen atoms in total. The largest absolute Gasteiger partial charge is 0.528 e. The summed E-state index contributed by atoms with van der Waals surface area (Å²) in [6.07, 6.45) is 0. The van der Waals surface area contributed by atoms with Gasteiger partial charge in [0.05, 0.1) is 55.0 Å². The standard InChI is InChI=1S/C55H38N4O.C40H28BrNO.C15H12BN3O2.2CH4.FH/c1-54(2)42-28-13-15-32-46(42)59(47-33-16-14-29-43(47)54)48-34-18-31-45-50(48)60-49-39(53-57-51(35-19-5-3-6-20-35)56-52(58-53)36-21-7-4-8-22-36)25-17-30-44(49)55(45)40-26-11-9-23-37(40)38-24-10-12-27-41(38)55;1-39(2)29-17-7-9-22-34(29)42(35-23-10-8-18-30(35)39)36-24-12-20-32-38(36)43-37-31(19-11-21-33(37)41)40(32)27-15-5-3-13-25(27)26-14-4-6-16-28(26)40;20-16(21)15-18-13(11-7-3-1-4-8-11)17-14(19-15)12-9-5-2-6-10-12;;;/h3-34H,1-2H3;3-24H,1-2H3;1-10,20-21H;2*1H4;1H. The van der Waals surface area contributed by atoms with Crippen LogP contribution in [0.2, 0.25) is 0 Å². The molecule has 0 unspecified atom stereocenters. The van der Waals surface area contributed by atoms with Crippen molar-refractivity contribution in [2.75, 3.05) is 9.80 Å². The first kappa shape index (κ1) is 81.8. The van der Waals surface area contributed by atoms with Gasteiger partial charge in [0.25, 0.3) is 0 Å². The van der Waals surface area contributed by atoms with Crippen molar-refractivity contribution in [3.05, 3.63) is 459 Å². The van der Waals surface area contributed by atoms with E-state index in [-0.39, 0.29) is 36.1 Å². The summed E-state index contributed by atoms with van der Waals surface area (Å²) < 4.78 is 15.6. The zero-order valence-corrected chi connectivity index (χ0v) is 70.2. The van der Waals surface area contributed by atoms with Gasteiger partial charge in [-0.3, -0.25) is 4.70 Å². The Balaban J connectivity index is 0.000000137. The summed E-state index contributed by atoms with van der Waals surface area (Å²) in [5.74, 6) is 5.85. The van der Waals surface area contributed by atoms with Crippen LogP contribution in [0.5, 0.6) is 23.0 Å². The fourth-order valence-electron chi connectivity index (χ4n) is 20.1. The number of benzene rings is 16. The molecule has 0 atom stereocenters. The van der Waals surface area contributed by atoms with Crippen LogP contribution in [0.3, 0.4) is 0 Å². The van der Waals surface area contributed by atoms with Crippen LogP contribution in [0.25, 0.3) is 79.2 Å². The summed E-state index contributed by atoms with van der Waals surface area (Å²) in [4.78, 5) is 33.0. The molecule has 0 saturated heterocycles. The normalized spacial score (nSPS) is 13.9. The second-order valence-corrected chi connectivity index (χ2v) is 33.8. The first-order chi connectivity index (χ1) is 60.8. The van der Waals surface area contributed by atoms with Gasteiger partial charge < -0.3 is 29.3 Å². The van der Waals surface area contributed by atoms with Crippen LogP contribution in [0.1, 0.15) is 109 Å². The first-order valence-electron chi connectivity index (χ1n) is 41.8. The fourth-order valence-corrected chi connectivity index (χ4v) is 20.5. The van der Waals surface area contributed by atoms with Gasteiger partial charge in [0, 0.05) is 55.3 Å². The van der Waals surface area contributed by atoms with Crippen molar-refractivity contribution in [1.29, 1.82) is 0 Å². The van der Waals surface area contributed by atoms with Crippen molar-refractivity contribution in [2.24, 2.45) is 0 Å². The molecule has 6 heterocycles. The van der Waals surface area contributed by atoms with E-state index in [9.17, 15) is 10.0 Å². The molecule has 24 rings (SSSR count). The van der Waals surface area contributed by atoms with Gasteiger partial charge in [-0.05, 0) is 131 Å². The van der Waals surface area contributed by atoms with E-state index in [1.807, 2.05) is 121 Å². The van der Waals surface area contributed by atoms with Crippen LogP contribution in [-0.4, -0.2) is 47.1 Å². The van der Waals surface area contributed by atoms with E-state index < -0.39 is 17.9 Å². The van der Waals surface area contributed by atoms with E-state index in [0.29, 0.717) is 29.1 Å². The summed E-state index contributed by atoms with van der Waals surface area (Å²) in [6.45, 7) is 9.30. The number of halogens is 2. The lowest BCUT2D eigenvalue weighted by Crippen LogP contribution is -2.36. The number of anilines is 6. The van der Waals surface area contributed by atoms with Crippen molar-refractivity contribution in [2.45, 2.75) is 64.2 Å². The number of hydrogen-bond donors (Lipinski definition) is 2. The van der Waals surface area contributed by atoms with Crippen LogP contribution in [-0.2, 0) is 21.7 Å². The Bertz CT molecular complexity index is 7000. The van der Waals surface area contributed by atoms with Crippen molar-refractivity contribution in [1.82, 2.24) is 29.9 Å². The molecule has 2 N–H and O–H groups in total. The van der Waals surface area contributed by atoms with E-state index in [2.05, 4.69) is 335 Å². The maximum atomic E-state index is 9.37. The molecule has 0 fully saturated rings. The summed E-state index contributed by atoms with van der Waals surface area (Å²) in [5, 5.41) is 18.7. The molecule has 0 radical (unpaired) electrons. The van der Waals surface area contributed by atoms with Crippen molar-refractivity contribution in [3.8, 4) is 102 Å². The monoisotopic (exact) mass is 1720 g/mol. The molecular weight excluding hydrogens is 1630 g/mol. The van der Waals surface area contributed by atoms with Gasteiger partial charge in [0.15, 0.2) is 46.3 Å². The molecule has 127 heavy (non-hydrogen) atoms. The second kappa shape index (κ2) is 32.3. The molecule has 0 saturated carbocycles. The van der Waals surface area contributed by atoms with Crippen LogP contribution in [0, 0.1) is 0 Å². The molecule has 2 aliphatic carbocycles. The average molecular weight is 1720 g/mol. The van der Waals surface area contributed by atoms with Gasteiger partial charge in [0.2, 0.25) is 0 Å². The molecule has 2 spiro atoms. The smallest absolute Gasteiger partial charge is 0.454 e. The fraction of sp³-hybridized carbons (Fsp3) is 0.0893. The highest BCUT2D eigenvalue weighted by atomic mass is 79.9. The molecule has 0 amide bonds. The minimum Gasteiger partial charge on any atom is -0.454 e. The molecule has 16 aromatic carbocycles. The highest BCUT2D eigenvalue weighted by molar-refractivity contribution is 9.10. The van der Waals surface area contributed by atoms with E-state index in [1.54, 1.807) is 0 Å².